The van der Waals surface area contributed by atoms with Crippen molar-refractivity contribution in [3.63, 3.8) is 0 Å². The van der Waals surface area contributed by atoms with Gasteiger partial charge in [-0.1, -0.05) is 29.8 Å². The van der Waals surface area contributed by atoms with Crippen LogP contribution in [0.2, 0.25) is 0 Å². The van der Waals surface area contributed by atoms with Gasteiger partial charge in [0, 0.05) is 5.70 Å². The van der Waals surface area contributed by atoms with E-state index in [1.165, 1.54) is 5.56 Å². The van der Waals surface area contributed by atoms with Crippen molar-refractivity contribution in [3.8, 4) is 0 Å². The summed E-state index contributed by atoms with van der Waals surface area (Å²) in [4.78, 5) is 11.9. The molecule has 1 fully saturated rings. The van der Waals surface area contributed by atoms with Crippen LogP contribution in [0, 0.1) is 12.3 Å². The monoisotopic (exact) mass is 260 g/mol. The van der Waals surface area contributed by atoms with E-state index in [-0.39, 0.29) is 5.91 Å². The van der Waals surface area contributed by atoms with Gasteiger partial charge in [0.2, 0.25) is 5.91 Å². The fourth-order valence-electron chi connectivity index (χ4n) is 1.83. The van der Waals surface area contributed by atoms with E-state index < -0.39 is 5.41 Å². The molecule has 0 bridgehead atoms. The minimum Gasteiger partial charge on any atom is -0.335 e. The van der Waals surface area contributed by atoms with Crippen LogP contribution in [-0.4, -0.2) is 11.0 Å². The lowest BCUT2D eigenvalue weighted by Gasteiger charge is -2.33. The molecule has 0 unspecified atom stereocenters. The van der Waals surface area contributed by atoms with Gasteiger partial charge in [-0.05, 0) is 44.6 Å². The van der Waals surface area contributed by atoms with Gasteiger partial charge < -0.3 is 10.6 Å². The predicted molar refractivity (Wildman–Crippen MR) is 76.8 cm³/mol. The standard InChI is InChI=1S/C14H16N2OS/c1-9-5-4-6-10(7-9)8-11-14(2,3)12(17)16-13(18)15-11/h4-8H,1-3H3,(H2,15,16,17,18)/b11-8+. The smallest absolute Gasteiger partial charge is 0.237 e. The van der Waals surface area contributed by atoms with Gasteiger partial charge in [-0.15, -0.1) is 0 Å². The first-order valence-corrected chi connectivity index (χ1v) is 6.22. The minimum absolute atomic E-state index is 0.0786. The van der Waals surface area contributed by atoms with Crippen molar-refractivity contribution >= 4 is 29.3 Å². The van der Waals surface area contributed by atoms with E-state index in [2.05, 4.69) is 16.7 Å². The third kappa shape index (κ3) is 2.43. The average molecular weight is 260 g/mol. The van der Waals surface area contributed by atoms with Gasteiger partial charge in [-0.2, -0.15) is 0 Å². The lowest BCUT2D eigenvalue weighted by atomic mass is 9.85. The van der Waals surface area contributed by atoms with Crippen LogP contribution in [0.25, 0.3) is 6.08 Å². The number of benzene rings is 1. The Hall–Kier alpha value is -1.68. The van der Waals surface area contributed by atoms with Gasteiger partial charge in [0.1, 0.15) is 0 Å². The summed E-state index contributed by atoms with van der Waals surface area (Å²) in [5, 5.41) is 6.06. The number of nitrogens with one attached hydrogen (secondary N) is 2. The summed E-state index contributed by atoms with van der Waals surface area (Å²) in [6.45, 7) is 5.79. The molecular formula is C14H16N2OS. The first-order valence-electron chi connectivity index (χ1n) is 5.81. The quantitative estimate of drug-likeness (QED) is 0.762. The minimum atomic E-state index is -0.605. The highest BCUT2D eigenvalue weighted by molar-refractivity contribution is 7.80. The molecule has 0 atom stereocenters. The molecule has 18 heavy (non-hydrogen) atoms. The maximum atomic E-state index is 11.9. The van der Waals surface area contributed by atoms with Gasteiger partial charge >= 0.3 is 0 Å². The molecule has 0 saturated carbocycles. The summed E-state index contributed by atoms with van der Waals surface area (Å²) < 4.78 is 0. The molecule has 0 radical (unpaired) electrons. The zero-order valence-electron chi connectivity index (χ0n) is 10.7. The highest BCUT2D eigenvalue weighted by Crippen LogP contribution is 2.28. The Labute approximate surface area is 112 Å². The number of aryl methyl sites for hydroxylation is 1. The Bertz CT molecular complexity index is 546. The summed E-state index contributed by atoms with van der Waals surface area (Å²) >= 11 is 5.02. The Morgan fingerprint density at radius 1 is 1.28 bits per heavy atom. The number of carbonyl (C=O) groups excluding carboxylic acids is 1. The number of hydrogen-bond donors (Lipinski definition) is 2. The second-order valence-corrected chi connectivity index (χ2v) is 5.41. The number of rotatable bonds is 1. The third-order valence-electron chi connectivity index (χ3n) is 3.07. The van der Waals surface area contributed by atoms with Gasteiger partial charge in [0.15, 0.2) is 5.11 Å². The molecule has 1 aromatic carbocycles. The molecule has 0 aliphatic carbocycles. The van der Waals surface area contributed by atoms with Crippen molar-refractivity contribution in [2.24, 2.45) is 5.41 Å². The predicted octanol–water partition coefficient (Wildman–Crippen LogP) is 2.37. The molecular weight excluding hydrogens is 244 g/mol. The second kappa shape index (κ2) is 4.53. The molecule has 1 heterocycles. The van der Waals surface area contributed by atoms with Gasteiger partial charge in [-0.3, -0.25) is 4.79 Å². The number of amides is 1. The summed E-state index contributed by atoms with van der Waals surface area (Å²) in [5.74, 6) is -0.0786. The molecule has 1 aromatic rings. The SMILES string of the molecule is Cc1cccc(/C=C2/NC(=S)NC(=O)C2(C)C)c1. The number of thiocarbonyl (C=S) groups is 1. The fraction of sp³-hybridized carbons (Fsp3) is 0.286. The molecule has 94 valence electrons. The van der Waals surface area contributed by atoms with Crippen LogP contribution < -0.4 is 10.6 Å². The lowest BCUT2D eigenvalue weighted by molar-refractivity contribution is -0.126. The van der Waals surface area contributed by atoms with E-state index in [1.807, 2.05) is 45.0 Å². The van der Waals surface area contributed by atoms with Crippen molar-refractivity contribution < 1.29 is 4.79 Å². The number of hydrogen-bond acceptors (Lipinski definition) is 2. The number of carbonyl (C=O) groups is 1. The largest absolute Gasteiger partial charge is 0.335 e. The molecule has 0 spiro atoms. The van der Waals surface area contributed by atoms with Crippen molar-refractivity contribution in [3.05, 3.63) is 41.1 Å². The van der Waals surface area contributed by atoms with Crippen LogP contribution >= 0.6 is 12.2 Å². The first-order chi connectivity index (χ1) is 8.39. The molecule has 1 aliphatic heterocycles. The summed E-state index contributed by atoms with van der Waals surface area (Å²) in [6.07, 6.45) is 1.97. The Kier molecular flexibility index (Phi) is 3.22. The van der Waals surface area contributed by atoms with E-state index in [4.69, 9.17) is 12.2 Å². The average Bonchev–Trinajstić information content (AvgIpc) is 2.26. The highest BCUT2D eigenvalue weighted by Gasteiger charge is 2.36. The molecule has 1 aliphatic rings. The molecule has 2 rings (SSSR count). The normalized spacial score (nSPS) is 20.5. The molecule has 3 nitrogen and oxygen atoms in total. The Morgan fingerprint density at radius 2 is 2.00 bits per heavy atom. The van der Waals surface area contributed by atoms with E-state index in [0.29, 0.717) is 5.11 Å². The fourth-order valence-corrected chi connectivity index (χ4v) is 2.04. The Balaban J connectivity index is 2.41. The van der Waals surface area contributed by atoms with Crippen LogP contribution in [0.3, 0.4) is 0 Å². The van der Waals surface area contributed by atoms with Crippen molar-refractivity contribution in [2.45, 2.75) is 20.8 Å². The second-order valence-electron chi connectivity index (χ2n) is 5.01. The van der Waals surface area contributed by atoms with Gasteiger partial charge in [-0.25, -0.2) is 0 Å². The van der Waals surface area contributed by atoms with Crippen LogP contribution in [0.4, 0.5) is 0 Å². The maximum Gasteiger partial charge on any atom is 0.237 e. The molecule has 1 amide bonds. The molecule has 2 N–H and O–H groups in total. The molecule has 1 saturated heterocycles. The zero-order valence-corrected chi connectivity index (χ0v) is 11.5. The summed E-state index contributed by atoms with van der Waals surface area (Å²) in [6, 6.07) is 8.11. The highest BCUT2D eigenvalue weighted by atomic mass is 32.1. The van der Waals surface area contributed by atoms with E-state index in [1.54, 1.807) is 0 Å². The maximum absolute atomic E-state index is 11.9. The molecule has 0 aromatic heterocycles. The van der Waals surface area contributed by atoms with Crippen LogP contribution in [-0.2, 0) is 4.79 Å². The first kappa shape index (κ1) is 12.8. The lowest BCUT2D eigenvalue weighted by Crippen LogP contribution is -2.54. The van der Waals surface area contributed by atoms with Gasteiger partial charge in [0.05, 0.1) is 5.41 Å². The van der Waals surface area contributed by atoms with Crippen LogP contribution in [0.1, 0.15) is 25.0 Å². The van der Waals surface area contributed by atoms with Crippen LogP contribution in [0.5, 0.6) is 0 Å². The topological polar surface area (TPSA) is 41.1 Å². The van der Waals surface area contributed by atoms with Crippen molar-refractivity contribution in [1.82, 2.24) is 10.6 Å². The molecule has 4 heteroatoms. The van der Waals surface area contributed by atoms with Crippen molar-refractivity contribution in [1.29, 1.82) is 0 Å². The van der Waals surface area contributed by atoms with E-state index >= 15 is 0 Å². The summed E-state index contributed by atoms with van der Waals surface area (Å²) in [7, 11) is 0. The summed E-state index contributed by atoms with van der Waals surface area (Å²) in [5.41, 5.74) is 2.46. The van der Waals surface area contributed by atoms with E-state index in [9.17, 15) is 4.79 Å². The third-order valence-corrected chi connectivity index (χ3v) is 3.27. The Morgan fingerprint density at radius 3 is 2.67 bits per heavy atom. The van der Waals surface area contributed by atoms with Crippen LogP contribution in [0.15, 0.2) is 30.0 Å². The van der Waals surface area contributed by atoms with E-state index in [0.717, 1.165) is 11.3 Å². The van der Waals surface area contributed by atoms with Gasteiger partial charge in [0.25, 0.3) is 0 Å². The zero-order chi connectivity index (χ0) is 13.3. The van der Waals surface area contributed by atoms with Crippen molar-refractivity contribution in [2.75, 3.05) is 0 Å².